The van der Waals surface area contributed by atoms with E-state index in [-0.39, 0.29) is 5.70 Å². The number of nitrogens with zero attached hydrogens (tertiary/aromatic N) is 3. The van der Waals surface area contributed by atoms with Gasteiger partial charge in [0.05, 0.1) is 11.6 Å². The summed E-state index contributed by atoms with van der Waals surface area (Å²) >= 11 is 0. The first-order valence-electron chi connectivity index (χ1n) is 6.81. The summed E-state index contributed by atoms with van der Waals surface area (Å²) in [6, 6.07) is 4.41. The minimum Gasteiger partial charge on any atom is -0.362 e. The van der Waals surface area contributed by atoms with Gasteiger partial charge in [-0.05, 0) is 26.2 Å². The number of hydrogen-bond acceptors (Lipinski definition) is 4. The summed E-state index contributed by atoms with van der Waals surface area (Å²) in [6.07, 6.45) is 5.48. The standard InChI is InChI=1S/C14H19N5/c1-3-14(2)13(17-10-6-4-5-7-10)18-11(8-15)12(9-16)19-14/h10,19H,3-7H2,1-2H3,(H,17,18). The van der Waals surface area contributed by atoms with Crippen molar-refractivity contribution in [3.63, 3.8) is 0 Å². The van der Waals surface area contributed by atoms with Crippen LogP contribution in [0.1, 0.15) is 46.0 Å². The molecule has 1 saturated carbocycles. The van der Waals surface area contributed by atoms with Gasteiger partial charge in [-0.3, -0.25) is 4.99 Å². The number of rotatable bonds is 2. The molecule has 2 aliphatic rings. The second kappa shape index (κ2) is 5.32. The van der Waals surface area contributed by atoms with Crippen molar-refractivity contribution in [3.05, 3.63) is 11.4 Å². The molecule has 1 unspecified atom stereocenters. The highest BCUT2D eigenvalue weighted by Gasteiger charge is 2.36. The second-order valence-corrected chi connectivity index (χ2v) is 5.33. The summed E-state index contributed by atoms with van der Waals surface area (Å²) in [4.78, 5) is 4.77. The van der Waals surface area contributed by atoms with Crippen molar-refractivity contribution in [3.8, 4) is 12.1 Å². The summed E-state index contributed by atoms with van der Waals surface area (Å²) in [5, 5.41) is 24.4. The fourth-order valence-corrected chi connectivity index (χ4v) is 2.53. The van der Waals surface area contributed by atoms with E-state index >= 15 is 0 Å². The highest BCUT2D eigenvalue weighted by atomic mass is 15.2. The van der Waals surface area contributed by atoms with E-state index in [1.807, 2.05) is 26.0 Å². The number of hydrogen-bond donors (Lipinski definition) is 2. The molecule has 1 atom stereocenters. The number of nitrogens with one attached hydrogen (secondary N) is 2. The third-order valence-electron chi connectivity index (χ3n) is 3.98. The largest absolute Gasteiger partial charge is 0.362 e. The number of nitriles is 2. The molecule has 19 heavy (non-hydrogen) atoms. The van der Waals surface area contributed by atoms with Gasteiger partial charge in [0, 0.05) is 0 Å². The Hall–Kier alpha value is -2.01. The van der Waals surface area contributed by atoms with Gasteiger partial charge in [0.15, 0.2) is 5.70 Å². The molecular formula is C14H19N5. The van der Waals surface area contributed by atoms with E-state index < -0.39 is 5.54 Å². The van der Waals surface area contributed by atoms with Crippen molar-refractivity contribution >= 4 is 5.84 Å². The average molecular weight is 257 g/mol. The summed E-state index contributed by atoms with van der Waals surface area (Å²) in [5.41, 5.74) is 0.177. The van der Waals surface area contributed by atoms with Gasteiger partial charge in [0.1, 0.15) is 23.7 Å². The Balaban J connectivity index is 2.34. The van der Waals surface area contributed by atoms with Crippen LogP contribution in [0.3, 0.4) is 0 Å². The minimum atomic E-state index is -0.395. The predicted octanol–water partition coefficient (Wildman–Crippen LogP) is 1.95. The Kier molecular flexibility index (Phi) is 3.76. The van der Waals surface area contributed by atoms with Gasteiger partial charge in [-0.15, -0.1) is 0 Å². The zero-order valence-electron chi connectivity index (χ0n) is 11.5. The van der Waals surface area contributed by atoms with Crippen LogP contribution in [-0.2, 0) is 0 Å². The highest BCUT2D eigenvalue weighted by Crippen LogP contribution is 2.25. The maximum absolute atomic E-state index is 9.10. The van der Waals surface area contributed by atoms with Crippen molar-refractivity contribution in [2.45, 2.75) is 57.5 Å². The first kappa shape index (κ1) is 13.4. The van der Waals surface area contributed by atoms with Crippen LogP contribution in [0.5, 0.6) is 0 Å². The lowest BCUT2D eigenvalue weighted by Gasteiger charge is -2.36. The molecule has 2 rings (SSSR count). The number of amidine groups is 1. The molecule has 5 heteroatoms. The van der Waals surface area contributed by atoms with E-state index in [0.717, 1.165) is 25.1 Å². The zero-order chi connectivity index (χ0) is 13.9. The lowest BCUT2D eigenvalue weighted by Crippen LogP contribution is -2.58. The molecule has 1 fully saturated rings. The fraction of sp³-hybridized carbons (Fsp3) is 0.643. The zero-order valence-corrected chi connectivity index (χ0v) is 11.5. The molecule has 100 valence electrons. The van der Waals surface area contributed by atoms with Gasteiger partial charge in [0.25, 0.3) is 0 Å². The monoisotopic (exact) mass is 257 g/mol. The Labute approximate surface area is 114 Å². The third-order valence-corrected chi connectivity index (χ3v) is 3.98. The number of allylic oxidation sites excluding steroid dienone is 2. The topological polar surface area (TPSA) is 84.0 Å². The van der Waals surface area contributed by atoms with Crippen LogP contribution in [0.2, 0.25) is 0 Å². The lowest BCUT2D eigenvalue weighted by atomic mass is 9.93. The summed E-state index contributed by atoms with van der Waals surface area (Å²) in [6.45, 7) is 4.06. The summed E-state index contributed by atoms with van der Waals surface area (Å²) in [7, 11) is 0. The average Bonchev–Trinajstić information content (AvgIpc) is 2.93. The first-order chi connectivity index (χ1) is 9.12. The molecular weight excluding hydrogens is 238 g/mol. The van der Waals surface area contributed by atoms with Gasteiger partial charge in [-0.25, -0.2) is 0 Å². The predicted molar refractivity (Wildman–Crippen MR) is 72.9 cm³/mol. The highest BCUT2D eigenvalue weighted by molar-refractivity contribution is 5.95. The van der Waals surface area contributed by atoms with Gasteiger partial charge in [0.2, 0.25) is 0 Å². The van der Waals surface area contributed by atoms with E-state index in [0.29, 0.717) is 11.7 Å². The summed E-state index contributed by atoms with van der Waals surface area (Å²) in [5.74, 6) is 0.789. The van der Waals surface area contributed by atoms with Gasteiger partial charge in [-0.1, -0.05) is 19.8 Å². The van der Waals surface area contributed by atoms with E-state index in [4.69, 9.17) is 15.5 Å². The van der Waals surface area contributed by atoms with Crippen molar-refractivity contribution in [2.24, 2.45) is 4.99 Å². The molecule has 0 amide bonds. The normalized spacial score (nSPS) is 29.6. The van der Waals surface area contributed by atoms with Crippen LogP contribution in [0.15, 0.2) is 16.4 Å². The van der Waals surface area contributed by atoms with Crippen LogP contribution in [0.4, 0.5) is 0 Å². The van der Waals surface area contributed by atoms with E-state index in [9.17, 15) is 0 Å². The first-order valence-corrected chi connectivity index (χ1v) is 6.81. The van der Waals surface area contributed by atoms with Crippen LogP contribution in [0, 0.1) is 22.7 Å². The molecule has 5 nitrogen and oxygen atoms in total. The van der Waals surface area contributed by atoms with Crippen molar-refractivity contribution < 1.29 is 0 Å². The van der Waals surface area contributed by atoms with Gasteiger partial charge in [-0.2, -0.15) is 10.5 Å². The molecule has 2 N–H and O–H groups in total. The molecule has 0 aromatic carbocycles. The van der Waals surface area contributed by atoms with Crippen molar-refractivity contribution in [1.82, 2.24) is 10.6 Å². The molecule has 0 aromatic rings. The Bertz CT molecular complexity index is 499. The van der Waals surface area contributed by atoms with Gasteiger partial charge < -0.3 is 10.6 Å². The summed E-state index contributed by atoms with van der Waals surface area (Å²) < 4.78 is 0. The maximum Gasteiger partial charge on any atom is 0.153 e. The minimum absolute atomic E-state index is 0.269. The quantitative estimate of drug-likeness (QED) is 0.792. The SMILES string of the molecule is CCC1(C)NC(C#N)=C(C#N)NC1=NC1CCCC1. The Morgan fingerprint density at radius 2 is 1.89 bits per heavy atom. The fourth-order valence-electron chi connectivity index (χ4n) is 2.53. The van der Waals surface area contributed by atoms with Crippen LogP contribution in [-0.4, -0.2) is 17.4 Å². The molecule has 1 aliphatic carbocycles. The lowest BCUT2D eigenvalue weighted by molar-refractivity contribution is 0.475. The van der Waals surface area contributed by atoms with Crippen molar-refractivity contribution in [2.75, 3.05) is 0 Å². The molecule has 0 aromatic heterocycles. The van der Waals surface area contributed by atoms with E-state index in [2.05, 4.69) is 10.6 Å². The number of aliphatic imine (C=N–C) groups is 1. The smallest absolute Gasteiger partial charge is 0.153 e. The Morgan fingerprint density at radius 3 is 2.42 bits per heavy atom. The van der Waals surface area contributed by atoms with E-state index in [1.165, 1.54) is 12.8 Å². The molecule has 0 spiro atoms. The van der Waals surface area contributed by atoms with Gasteiger partial charge >= 0.3 is 0 Å². The molecule has 0 saturated heterocycles. The molecule has 0 radical (unpaired) electrons. The van der Waals surface area contributed by atoms with Crippen LogP contribution in [0.25, 0.3) is 0 Å². The van der Waals surface area contributed by atoms with Crippen molar-refractivity contribution in [1.29, 1.82) is 10.5 Å². The van der Waals surface area contributed by atoms with E-state index in [1.54, 1.807) is 0 Å². The maximum atomic E-state index is 9.10. The molecule has 1 aliphatic heterocycles. The second-order valence-electron chi connectivity index (χ2n) is 5.33. The molecule has 1 heterocycles. The Morgan fingerprint density at radius 1 is 1.26 bits per heavy atom. The van der Waals surface area contributed by atoms with Crippen LogP contribution < -0.4 is 10.6 Å². The third kappa shape index (κ3) is 2.56. The molecule has 0 bridgehead atoms. The van der Waals surface area contributed by atoms with Crippen LogP contribution >= 0.6 is 0 Å².